The van der Waals surface area contributed by atoms with Crippen LogP contribution in [0.2, 0.25) is 0 Å². The molecule has 1 amide bonds. The standard InChI is InChI=1S/C19H31N3O/c1-16(18-8-11-21-12-9-18)14-19(23)22(13-5-10-20)15-17-6-3-2-4-7-17/h2-4,6-7,16,18,21H,5,8-15,20H2,1H3. The van der Waals surface area contributed by atoms with Gasteiger partial charge in [0.15, 0.2) is 0 Å². The number of hydrogen-bond acceptors (Lipinski definition) is 3. The molecule has 1 aromatic rings. The van der Waals surface area contributed by atoms with Crippen molar-refractivity contribution in [1.82, 2.24) is 10.2 Å². The lowest BCUT2D eigenvalue weighted by molar-refractivity contribution is -0.133. The zero-order valence-electron chi connectivity index (χ0n) is 14.3. The van der Waals surface area contributed by atoms with E-state index in [-0.39, 0.29) is 5.91 Å². The van der Waals surface area contributed by atoms with Crippen LogP contribution >= 0.6 is 0 Å². The number of rotatable bonds is 8. The van der Waals surface area contributed by atoms with E-state index in [1.54, 1.807) is 0 Å². The predicted molar refractivity (Wildman–Crippen MR) is 94.9 cm³/mol. The van der Waals surface area contributed by atoms with Gasteiger partial charge in [0.05, 0.1) is 0 Å². The van der Waals surface area contributed by atoms with Gasteiger partial charge in [-0.25, -0.2) is 0 Å². The highest BCUT2D eigenvalue weighted by molar-refractivity contribution is 5.76. The summed E-state index contributed by atoms with van der Waals surface area (Å²) in [6.45, 7) is 6.48. The second-order valence-electron chi connectivity index (χ2n) is 6.71. The van der Waals surface area contributed by atoms with E-state index in [0.29, 0.717) is 31.3 Å². The number of nitrogens with two attached hydrogens (primary N) is 1. The van der Waals surface area contributed by atoms with Crippen molar-refractivity contribution in [1.29, 1.82) is 0 Å². The normalized spacial score (nSPS) is 17.0. The quantitative estimate of drug-likeness (QED) is 0.774. The Balaban J connectivity index is 1.92. The van der Waals surface area contributed by atoms with Crippen molar-refractivity contribution in [2.45, 2.75) is 39.2 Å². The fourth-order valence-electron chi connectivity index (χ4n) is 3.36. The molecule has 0 spiro atoms. The number of benzene rings is 1. The van der Waals surface area contributed by atoms with Crippen molar-refractivity contribution in [3.05, 3.63) is 35.9 Å². The van der Waals surface area contributed by atoms with Crippen LogP contribution in [0.3, 0.4) is 0 Å². The van der Waals surface area contributed by atoms with Crippen molar-refractivity contribution in [3.8, 4) is 0 Å². The molecule has 23 heavy (non-hydrogen) atoms. The number of carbonyl (C=O) groups excluding carboxylic acids is 1. The van der Waals surface area contributed by atoms with Crippen molar-refractivity contribution in [3.63, 3.8) is 0 Å². The van der Waals surface area contributed by atoms with Crippen molar-refractivity contribution >= 4 is 5.91 Å². The van der Waals surface area contributed by atoms with Gasteiger partial charge in [0.25, 0.3) is 0 Å². The van der Waals surface area contributed by atoms with Gasteiger partial charge in [0, 0.05) is 19.5 Å². The first-order valence-electron chi connectivity index (χ1n) is 8.93. The molecule has 4 heteroatoms. The van der Waals surface area contributed by atoms with Crippen LogP contribution in [0.5, 0.6) is 0 Å². The average molecular weight is 317 g/mol. The van der Waals surface area contributed by atoms with E-state index in [1.165, 1.54) is 18.4 Å². The van der Waals surface area contributed by atoms with E-state index in [0.717, 1.165) is 26.1 Å². The molecule has 1 heterocycles. The molecule has 3 N–H and O–H groups in total. The Morgan fingerprint density at radius 3 is 2.65 bits per heavy atom. The van der Waals surface area contributed by atoms with Crippen molar-refractivity contribution in [2.24, 2.45) is 17.6 Å². The minimum absolute atomic E-state index is 0.272. The van der Waals surface area contributed by atoms with Crippen molar-refractivity contribution < 1.29 is 4.79 Å². The van der Waals surface area contributed by atoms with E-state index in [1.807, 2.05) is 23.1 Å². The van der Waals surface area contributed by atoms with Crippen LogP contribution in [-0.2, 0) is 11.3 Å². The van der Waals surface area contributed by atoms with Crippen LogP contribution in [-0.4, -0.2) is 37.0 Å². The third-order valence-electron chi connectivity index (χ3n) is 4.89. The summed E-state index contributed by atoms with van der Waals surface area (Å²) >= 11 is 0. The molecule has 1 fully saturated rings. The van der Waals surface area contributed by atoms with Crippen molar-refractivity contribution in [2.75, 3.05) is 26.2 Å². The Morgan fingerprint density at radius 1 is 1.30 bits per heavy atom. The van der Waals surface area contributed by atoms with E-state index >= 15 is 0 Å². The van der Waals surface area contributed by atoms with Gasteiger partial charge >= 0.3 is 0 Å². The van der Waals surface area contributed by atoms with Crippen LogP contribution in [0.25, 0.3) is 0 Å². The lowest BCUT2D eigenvalue weighted by Gasteiger charge is -2.30. The van der Waals surface area contributed by atoms with Gasteiger partial charge in [-0.1, -0.05) is 37.3 Å². The lowest BCUT2D eigenvalue weighted by atomic mass is 9.84. The molecule has 1 aliphatic rings. The maximum atomic E-state index is 12.8. The smallest absolute Gasteiger partial charge is 0.223 e. The SMILES string of the molecule is CC(CC(=O)N(CCCN)Cc1ccccc1)C1CCNCC1. The van der Waals surface area contributed by atoms with Crippen LogP contribution in [0, 0.1) is 11.8 Å². The monoisotopic (exact) mass is 317 g/mol. The summed E-state index contributed by atoms with van der Waals surface area (Å²) in [7, 11) is 0. The third kappa shape index (κ3) is 5.96. The number of carbonyl (C=O) groups is 1. The summed E-state index contributed by atoms with van der Waals surface area (Å²) in [5.41, 5.74) is 6.83. The molecular formula is C19H31N3O. The van der Waals surface area contributed by atoms with Crippen LogP contribution < -0.4 is 11.1 Å². The second kappa shape index (κ2) is 9.68. The average Bonchev–Trinajstić information content (AvgIpc) is 2.60. The van der Waals surface area contributed by atoms with Gasteiger partial charge in [-0.3, -0.25) is 4.79 Å². The molecule has 0 bridgehead atoms. The first-order valence-corrected chi connectivity index (χ1v) is 8.93. The van der Waals surface area contributed by atoms with Gasteiger partial charge in [-0.2, -0.15) is 0 Å². The third-order valence-corrected chi connectivity index (χ3v) is 4.89. The Morgan fingerprint density at radius 2 is 2.00 bits per heavy atom. The molecular weight excluding hydrogens is 286 g/mol. The number of amides is 1. The summed E-state index contributed by atoms with van der Waals surface area (Å²) in [5.74, 6) is 1.40. The van der Waals surface area contributed by atoms with Gasteiger partial charge in [-0.15, -0.1) is 0 Å². The summed E-state index contributed by atoms with van der Waals surface area (Å²) < 4.78 is 0. The highest BCUT2D eigenvalue weighted by Gasteiger charge is 2.24. The van der Waals surface area contributed by atoms with Crippen LogP contribution in [0.4, 0.5) is 0 Å². The Hall–Kier alpha value is -1.39. The second-order valence-corrected chi connectivity index (χ2v) is 6.71. The number of nitrogens with zero attached hydrogens (tertiary/aromatic N) is 1. The highest BCUT2D eigenvalue weighted by atomic mass is 16.2. The maximum absolute atomic E-state index is 12.8. The molecule has 0 aliphatic carbocycles. The van der Waals surface area contributed by atoms with E-state index in [4.69, 9.17) is 5.73 Å². The molecule has 1 unspecified atom stereocenters. The fraction of sp³-hybridized carbons (Fsp3) is 0.632. The van der Waals surface area contributed by atoms with E-state index < -0.39 is 0 Å². The minimum atomic E-state index is 0.272. The van der Waals surface area contributed by atoms with E-state index in [9.17, 15) is 4.79 Å². The Labute approximate surface area is 140 Å². The molecule has 1 atom stereocenters. The topological polar surface area (TPSA) is 58.4 Å². The number of nitrogens with one attached hydrogen (secondary N) is 1. The number of piperidine rings is 1. The largest absolute Gasteiger partial charge is 0.338 e. The lowest BCUT2D eigenvalue weighted by Crippen LogP contribution is -2.36. The maximum Gasteiger partial charge on any atom is 0.223 e. The Kier molecular flexibility index (Phi) is 7.56. The highest BCUT2D eigenvalue weighted by Crippen LogP contribution is 2.25. The van der Waals surface area contributed by atoms with Gasteiger partial charge in [-0.05, 0) is 56.3 Å². The molecule has 0 radical (unpaired) electrons. The molecule has 4 nitrogen and oxygen atoms in total. The molecule has 1 saturated heterocycles. The first-order chi connectivity index (χ1) is 11.2. The molecule has 2 rings (SSSR count). The molecule has 1 aliphatic heterocycles. The fourth-order valence-corrected chi connectivity index (χ4v) is 3.36. The summed E-state index contributed by atoms with van der Waals surface area (Å²) in [6, 6.07) is 10.2. The summed E-state index contributed by atoms with van der Waals surface area (Å²) in [5, 5.41) is 3.40. The van der Waals surface area contributed by atoms with Gasteiger partial charge < -0.3 is 16.0 Å². The minimum Gasteiger partial charge on any atom is -0.338 e. The predicted octanol–water partition coefficient (Wildman–Crippen LogP) is 2.39. The summed E-state index contributed by atoms with van der Waals surface area (Å²) in [6.07, 6.45) is 3.90. The van der Waals surface area contributed by atoms with Crippen LogP contribution in [0.1, 0.15) is 38.2 Å². The molecule has 128 valence electrons. The molecule has 1 aromatic carbocycles. The summed E-state index contributed by atoms with van der Waals surface area (Å²) in [4.78, 5) is 14.8. The number of hydrogen-bond donors (Lipinski definition) is 2. The first kappa shape index (κ1) is 18.0. The van der Waals surface area contributed by atoms with Crippen LogP contribution in [0.15, 0.2) is 30.3 Å². The molecule has 0 saturated carbocycles. The van der Waals surface area contributed by atoms with Gasteiger partial charge in [0.2, 0.25) is 5.91 Å². The Bertz CT molecular complexity index is 457. The zero-order chi connectivity index (χ0) is 16.5. The van der Waals surface area contributed by atoms with E-state index in [2.05, 4.69) is 24.4 Å². The zero-order valence-corrected chi connectivity index (χ0v) is 14.3. The molecule has 0 aromatic heterocycles. The van der Waals surface area contributed by atoms with Gasteiger partial charge in [0.1, 0.15) is 0 Å².